The van der Waals surface area contributed by atoms with Crippen molar-refractivity contribution >= 4 is 23.3 Å². The lowest BCUT2D eigenvalue weighted by Gasteiger charge is -2.14. The fourth-order valence-corrected chi connectivity index (χ4v) is 2.33. The van der Waals surface area contributed by atoms with Crippen LogP contribution in [0, 0.1) is 0 Å². The molecule has 136 valence electrons. The zero-order valence-electron chi connectivity index (χ0n) is 14.9. The molecule has 6 nitrogen and oxygen atoms in total. The van der Waals surface area contributed by atoms with Gasteiger partial charge in [-0.15, -0.1) is 0 Å². The van der Waals surface area contributed by atoms with Crippen molar-refractivity contribution in [1.29, 1.82) is 0 Å². The summed E-state index contributed by atoms with van der Waals surface area (Å²) in [6, 6.07) is 13.6. The van der Waals surface area contributed by atoms with E-state index in [4.69, 9.17) is 9.47 Å². The highest BCUT2D eigenvalue weighted by Gasteiger charge is 2.19. The predicted molar refractivity (Wildman–Crippen MR) is 97.3 cm³/mol. The molecule has 2 rings (SSSR count). The lowest BCUT2D eigenvalue weighted by molar-refractivity contribution is -0.152. The quantitative estimate of drug-likeness (QED) is 0.610. The molecule has 0 spiro atoms. The van der Waals surface area contributed by atoms with E-state index >= 15 is 0 Å². The first-order valence-electron chi connectivity index (χ1n) is 8.14. The number of benzene rings is 2. The van der Waals surface area contributed by atoms with Crippen molar-refractivity contribution in [3.8, 4) is 5.75 Å². The minimum Gasteiger partial charge on any atom is -0.496 e. The van der Waals surface area contributed by atoms with Gasteiger partial charge in [-0.2, -0.15) is 0 Å². The molecule has 0 unspecified atom stereocenters. The van der Waals surface area contributed by atoms with Gasteiger partial charge in [0, 0.05) is 16.8 Å². The third-order valence-corrected chi connectivity index (χ3v) is 3.76. The van der Waals surface area contributed by atoms with Crippen LogP contribution in [0.4, 0.5) is 5.69 Å². The third-order valence-electron chi connectivity index (χ3n) is 3.76. The number of anilines is 1. The van der Waals surface area contributed by atoms with Crippen LogP contribution in [0.2, 0.25) is 0 Å². The molecule has 0 aromatic heterocycles. The molecule has 0 bridgehead atoms. The predicted octanol–water partition coefficient (Wildman–Crippen LogP) is 3.01. The summed E-state index contributed by atoms with van der Waals surface area (Å²) in [5.41, 5.74) is 1.76. The van der Waals surface area contributed by atoms with Gasteiger partial charge in [-0.1, -0.05) is 18.2 Å². The van der Waals surface area contributed by atoms with E-state index in [2.05, 4.69) is 5.32 Å². The van der Waals surface area contributed by atoms with Gasteiger partial charge in [0.15, 0.2) is 11.9 Å². The summed E-state index contributed by atoms with van der Waals surface area (Å²) in [5, 5.41) is 2.65. The highest BCUT2D eigenvalue weighted by Crippen LogP contribution is 2.18. The lowest BCUT2D eigenvalue weighted by atomic mass is 10.1. The van der Waals surface area contributed by atoms with Crippen molar-refractivity contribution in [3.05, 3.63) is 59.7 Å². The molecule has 0 fully saturated rings. The molecule has 2 aromatic rings. The smallest absolute Gasteiger partial charge is 0.311 e. The van der Waals surface area contributed by atoms with Crippen molar-refractivity contribution < 1.29 is 23.9 Å². The van der Waals surface area contributed by atoms with E-state index < -0.39 is 18.0 Å². The monoisotopic (exact) mass is 355 g/mol. The molecule has 2 aromatic carbocycles. The van der Waals surface area contributed by atoms with Crippen LogP contribution in [0.15, 0.2) is 48.5 Å². The molecule has 1 amide bonds. The van der Waals surface area contributed by atoms with Gasteiger partial charge in [-0.25, -0.2) is 0 Å². The summed E-state index contributed by atoms with van der Waals surface area (Å²) in [5.74, 6) is -0.438. The average Bonchev–Trinajstić information content (AvgIpc) is 2.62. The van der Waals surface area contributed by atoms with Crippen LogP contribution in [-0.4, -0.2) is 30.9 Å². The Morgan fingerprint density at radius 1 is 1.04 bits per heavy atom. The largest absolute Gasteiger partial charge is 0.496 e. The molecule has 0 heterocycles. The molecule has 0 saturated carbocycles. The molecule has 0 saturated heterocycles. The summed E-state index contributed by atoms with van der Waals surface area (Å²) in [4.78, 5) is 35.5. The van der Waals surface area contributed by atoms with Crippen LogP contribution in [-0.2, 0) is 20.7 Å². The number of carbonyl (C=O) groups excluding carboxylic acids is 3. The minimum atomic E-state index is -0.954. The maximum Gasteiger partial charge on any atom is 0.311 e. The third kappa shape index (κ3) is 5.17. The van der Waals surface area contributed by atoms with E-state index in [0.717, 1.165) is 0 Å². The van der Waals surface area contributed by atoms with E-state index in [9.17, 15) is 14.4 Å². The van der Waals surface area contributed by atoms with Crippen LogP contribution in [0.3, 0.4) is 0 Å². The van der Waals surface area contributed by atoms with Gasteiger partial charge in [0.25, 0.3) is 5.91 Å². The molecule has 1 atom stereocenters. The number of amides is 1. The Bertz CT molecular complexity index is 798. The van der Waals surface area contributed by atoms with E-state index in [1.807, 2.05) is 0 Å². The Morgan fingerprint density at radius 2 is 1.69 bits per heavy atom. The van der Waals surface area contributed by atoms with E-state index in [1.165, 1.54) is 21.0 Å². The molecule has 0 aliphatic heterocycles. The fraction of sp³-hybridized carbons (Fsp3) is 0.250. The standard InChI is InChI=1S/C20H21NO5/c1-13(22)15-8-10-17(11-9-15)21-20(24)14(2)26-19(23)12-16-6-4-5-7-18(16)25-3/h4-11,14H,12H2,1-3H3,(H,21,24)/t14-/m0/s1. The molecular formula is C20H21NO5. The number of ketones is 1. The van der Waals surface area contributed by atoms with Crippen molar-refractivity contribution in [2.75, 3.05) is 12.4 Å². The summed E-state index contributed by atoms with van der Waals surface area (Å²) in [6.45, 7) is 2.97. The van der Waals surface area contributed by atoms with Gasteiger partial charge in [-0.05, 0) is 44.2 Å². The maximum absolute atomic E-state index is 12.2. The highest BCUT2D eigenvalue weighted by molar-refractivity contribution is 5.97. The molecular weight excluding hydrogens is 334 g/mol. The molecule has 0 radical (unpaired) electrons. The van der Waals surface area contributed by atoms with E-state index in [1.54, 1.807) is 48.5 Å². The van der Waals surface area contributed by atoms with Gasteiger partial charge in [0.2, 0.25) is 0 Å². The number of nitrogens with one attached hydrogen (secondary N) is 1. The van der Waals surface area contributed by atoms with Crippen LogP contribution in [0.5, 0.6) is 5.75 Å². The van der Waals surface area contributed by atoms with Gasteiger partial charge < -0.3 is 14.8 Å². The first kappa shape index (κ1) is 19.2. The zero-order valence-corrected chi connectivity index (χ0v) is 14.9. The molecule has 26 heavy (non-hydrogen) atoms. The van der Waals surface area contributed by atoms with Gasteiger partial charge in [0.1, 0.15) is 5.75 Å². The van der Waals surface area contributed by atoms with Gasteiger partial charge in [0.05, 0.1) is 13.5 Å². The first-order valence-corrected chi connectivity index (χ1v) is 8.14. The molecule has 0 aliphatic carbocycles. The highest BCUT2D eigenvalue weighted by atomic mass is 16.5. The first-order chi connectivity index (χ1) is 12.4. The van der Waals surface area contributed by atoms with Gasteiger partial charge in [-0.3, -0.25) is 14.4 Å². The summed E-state index contributed by atoms with van der Waals surface area (Å²) in [7, 11) is 1.53. The topological polar surface area (TPSA) is 81.7 Å². The van der Waals surface area contributed by atoms with Crippen molar-refractivity contribution in [2.45, 2.75) is 26.4 Å². The number of hydrogen-bond acceptors (Lipinski definition) is 5. The Balaban J connectivity index is 1.91. The minimum absolute atomic E-state index is 0.00887. The Hall–Kier alpha value is -3.15. The number of rotatable bonds is 7. The summed E-state index contributed by atoms with van der Waals surface area (Å²) < 4.78 is 10.4. The Labute approximate surface area is 152 Å². The van der Waals surface area contributed by atoms with Crippen LogP contribution < -0.4 is 10.1 Å². The van der Waals surface area contributed by atoms with Crippen LogP contribution in [0.25, 0.3) is 0 Å². The van der Waals surface area contributed by atoms with Crippen LogP contribution >= 0.6 is 0 Å². The fourth-order valence-electron chi connectivity index (χ4n) is 2.33. The number of esters is 1. The van der Waals surface area contributed by atoms with Crippen molar-refractivity contribution in [1.82, 2.24) is 0 Å². The SMILES string of the molecule is COc1ccccc1CC(=O)O[C@@H](C)C(=O)Nc1ccc(C(C)=O)cc1. The normalized spacial score (nSPS) is 11.3. The second-order valence-corrected chi connectivity index (χ2v) is 5.74. The number of ether oxygens (including phenoxy) is 2. The second kappa shape index (κ2) is 8.80. The number of carbonyl (C=O) groups is 3. The Kier molecular flexibility index (Phi) is 6.49. The zero-order chi connectivity index (χ0) is 19.1. The molecule has 0 aliphatic rings. The van der Waals surface area contributed by atoms with E-state index in [0.29, 0.717) is 22.6 Å². The average molecular weight is 355 g/mol. The number of Topliss-reactive ketones (excluding diaryl/α,β-unsaturated/α-hetero) is 1. The summed E-state index contributed by atoms with van der Waals surface area (Å²) in [6.07, 6.45) is -0.945. The number of methoxy groups -OCH3 is 1. The van der Waals surface area contributed by atoms with Crippen molar-refractivity contribution in [3.63, 3.8) is 0 Å². The Morgan fingerprint density at radius 3 is 2.31 bits per heavy atom. The van der Waals surface area contributed by atoms with Crippen LogP contribution in [0.1, 0.15) is 29.8 Å². The maximum atomic E-state index is 12.2. The second-order valence-electron chi connectivity index (χ2n) is 5.74. The molecule has 6 heteroatoms. The van der Waals surface area contributed by atoms with Crippen molar-refractivity contribution in [2.24, 2.45) is 0 Å². The van der Waals surface area contributed by atoms with Gasteiger partial charge >= 0.3 is 5.97 Å². The number of para-hydroxylation sites is 1. The number of hydrogen-bond donors (Lipinski definition) is 1. The molecule has 1 N–H and O–H groups in total. The summed E-state index contributed by atoms with van der Waals surface area (Å²) >= 11 is 0. The van der Waals surface area contributed by atoms with E-state index in [-0.39, 0.29) is 12.2 Å². The lowest BCUT2D eigenvalue weighted by Crippen LogP contribution is -2.30.